The Kier molecular flexibility index (Phi) is 7.72. The molecule has 1 N–H and O–H groups in total. The van der Waals surface area contributed by atoms with Crippen molar-refractivity contribution in [2.75, 3.05) is 33.3 Å². The highest BCUT2D eigenvalue weighted by Crippen LogP contribution is 2.43. The van der Waals surface area contributed by atoms with E-state index in [9.17, 15) is 4.79 Å². The lowest BCUT2D eigenvalue weighted by atomic mass is 9.90. The van der Waals surface area contributed by atoms with E-state index < -0.39 is 22.7 Å². The summed E-state index contributed by atoms with van der Waals surface area (Å²) in [7, 11) is 2.11. The van der Waals surface area contributed by atoms with Crippen LogP contribution in [0.25, 0.3) is 10.9 Å². The van der Waals surface area contributed by atoms with Gasteiger partial charge in [0.25, 0.3) is 0 Å². The van der Waals surface area contributed by atoms with Crippen LogP contribution in [0.4, 0.5) is 4.79 Å². The second-order valence-corrected chi connectivity index (χ2v) is 13.1. The number of ether oxygens (including phenoxy) is 3. The van der Waals surface area contributed by atoms with Gasteiger partial charge in [0.15, 0.2) is 5.75 Å². The van der Waals surface area contributed by atoms with Gasteiger partial charge in [-0.05, 0) is 95.0 Å². The van der Waals surface area contributed by atoms with E-state index in [-0.39, 0.29) is 12.1 Å². The van der Waals surface area contributed by atoms with Crippen LogP contribution in [0, 0.1) is 0 Å². The summed E-state index contributed by atoms with van der Waals surface area (Å²) >= 11 is 10.4. The molecule has 208 valence electrons. The number of aromatic nitrogens is 2. The number of benzene rings is 1. The van der Waals surface area contributed by atoms with Gasteiger partial charge in [-0.25, -0.2) is 4.79 Å². The molecular weight excluding hydrogens is 574 g/mol. The van der Waals surface area contributed by atoms with E-state index in [1.54, 1.807) is 4.90 Å². The number of piperazine rings is 1. The minimum absolute atomic E-state index is 0.171. The normalized spacial score (nSPS) is 26.6. The number of likely N-dealkylation sites (N-methyl/N-ethyl adjacent to an activating group) is 1. The molecule has 1 saturated carbocycles. The van der Waals surface area contributed by atoms with Crippen LogP contribution in [0.15, 0.2) is 16.6 Å². The Morgan fingerprint density at radius 1 is 1.26 bits per heavy atom. The minimum atomic E-state index is -0.943. The zero-order valence-corrected chi connectivity index (χ0v) is 25.1. The zero-order chi connectivity index (χ0) is 27.2. The Labute approximate surface area is 237 Å². The number of hydrogen-bond donors (Lipinski definition) is 1. The van der Waals surface area contributed by atoms with Crippen molar-refractivity contribution in [2.45, 2.75) is 82.2 Å². The lowest BCUT2D eigenvalue weighted by Crippen LogP contribution is -2.63. The van der Waals surface area contributed by atoms with Crippen molar-refractivity contribution < 1.29 is 19.0 Å². The van der Waals surface area contributed by atoms with E-state index in [1.807, 2.05) is 39.8 Å². The van der Waals surface area contributed by atoms with Crippen molar-refractivity contribution in [3.63, 3.8) is 0 Å². The third-order valence-corrected chi connectivity index (χ3v) is 8.31. The number of likely N-dealkylation sites (tertiary alicyclic amines) is 1. The number of carbonyl (C=O) groups is 1. The number of alkyl halides is 1. The highest BCUT2D eigenvalue weighted by molar-refractivity contribution is 9.10. The molecule has 5 rings (SSSR count). The molecule has 9 nitrogen and oxygen atoms in total. The molecule has 3 heterocycles. The van der Waals surface area contributed by atoms with Crippen molar-refractivity contribution in [1.82, 2.24) is 25.1 Å². The molecule has 2 saturated heterocycles. The second kappa shape index (κ2) is 10.6. The van der Waals surface area contributed by atoms with Gasteiger partial charge in [0.05, 0.1) is 16.3 Å². The van der Waals surface area contributed by atoms with Gasteiger partial charge in [-0.3, -0.25) is 4.90 Å². The molecule has 1 aliphatic carbocycles. The Balaban J connectivity index is 1.62. The van der Waals surface area contributed by atoms with Crippen molar-refractivity contribution in [1.29, 1.82) is 0 Å². The SMILES string of the molecule is CN1CCC[C@H]1COc1nc(C2(C)CNCC(Cl)N2C(=O)OC(C)(C)C)c2ccc(Br)c(OC3CC3)c2n1. The van der Waals surface area contributed by atoms with Gasteiger partial charge in [0.2, 0.25) is 0 Å². The number of hydrogen-bond acceptors (Lipinski definition) is 8. The van der Waals surface area contributed by atoms with E-state index in [4.69, 9.17) is 35.8 Å². The Hall–Kier alpha value is -1.88. The molecule has 38 heavy (non-hydrogen) atoms. The second-order valence-electron chi connectivity index (χ2n) is 11.7. The topological polar surface area (TPSA) is 89.1 Å². The molecule has 2 unspecified atom stereocenters. The van der Waals surface area contributed by atoms with Gasteiger partial charge < -0.3 is 24.4 Å². The average molecular weight is 611 g/mol. The van der Waals surface area contributed by atoms with Crippen LogP contribution in [0.2, 0.25) is 0 Å². The third kappa shape index (κ3) is 5.69. The van der Waals surface area contributed by atoms with Gasteiger partial charge in [0.1, 0.15) is 28.8 Å². The van der Waals surface area contributed by atoms with E-state index in [0.717, 1.165) is 42.1 Å². The number of fused-ring (bicyclic) bond motifs is 1. The number of amides is 1. The molecule has 1 aromatic carbocycles. The Morgan fingerprint density at radius 3 is 2.68 bits per heavy atom. The molecule has 0 spiro atoms. The first-order chi connectivity index (χ1) is 18.0. The van der Waals surface area contributed by atoms with E-state index >= 15 is 0 Å². The lowest BCUT2D eigenvalue weighted by Gasteiger charge is -2.47. The third-order valence-electron chi connectivity index (χ3n) is 7.33. The van der Waals surface area contributed by atoms with Gasteiger partial charge >= 0.3 is 12.1 Å². The summed E-state index contributed by atoms with van der Waals surface area (Å²) in [5.41, 5.74) is -0.975. The summed E-state index contributed by atoms with van der Waals surface area (Å²) in [6.45, 7) is 9.89. The highest BCUT2D eigenvalue weighted by atomic mass is 79.9. The van der Waals surface area contributed by atoms with Gasteiger partial charge in [-0.15, -0.1) is 0 Å². The molecule has 3 atom stereocenters. The fourth-order valence-corrected chi connectivity index (χ4v) is 5.99. The first-order valence-corrected chi connectivity index (χ1v) is 14.6. The quantitative estimate of drug-likeness (QED) is 0.360. The number of nitrogens with one attached hydrogen (secondary N) is 1. The molecule has 2 aromatic rings. The van der Waals surface area contributed by atoms with Crippen molar-refractivity contribution in [3.05, 3.63) is 22.3 Å². The van der Waals surface area contributed by atoms with Crippen molar-refractivity contribution in [2.24, 2.45) is 0 Å². The van der Waals surface area contributed by atoms with Crippen molar-refractivity contribution >= 4 is 44.5 Å². The smallest absolute Gasteiger partial charge is 0.412 e. The molecule has 3 fully saturated rings. The lowest BCUT2D eigenvalue weighted by molar-refractivity contribution is -0.0153. The summed E-state index contributed by atoms with van der Waals surface area (Å²) in [4.78, 5) is 27.2. The molecule has 0 bridgehead atoms. The minimum Gasteiger partial charge on any atom is -0.487 e. The van der Waals surface area contributed by atoms with E-state index in [1.165, 1.54) is 0 Å². The summed E-state index contributed by atoms with van der Waals surface area (Å²) in [5, 5.41) is 4.15. The standard InChI is InChI=1S/C27H37BrClN5O4/c1-26(2,3)38-25(35)34-20(29)13-30-15-27(34,4)23-18-10-11-19(28)22(37-17-8-9-17)21(18)31-24(32-23)36-14-16-7-6-12-33(16)5/h10-11,16-17,20,30H,6-9,12-15H2,1-5H3/t16-,20?,27?/m0/s1. The summed E-state index contributed by atoms with van der Waals surface area (Å²) in [6.07, 6.45) is 3.92. The monoisotopic (exact) mass is 609 g/mol. The van der Waals surface area contributed by atoms with Crippen LogP contribution in [-0.4, -0.2) is 82.4 Å². The van der Waals surface area contributed by atoms with Crippen LogP contribution in [0.3, 0.4) is 0 Å². The largest absolute Gasteiger partial charge is 0.487 e. The molecule has 3 aliphatic rings. The maximum atomic E-state index is 13.5. The van der Waals surface area contributed by atoms with Gasteiger partial charge in [0, 0.05) is 24.5 Å². The van der Waals surface area contributed by atoms with Crippen LogP contribution in [0.5, 0.6) is 11.8 Å². The van der Waals surface area contributed by atoms with E-state index in [2.05, 4.69) is 33.2 Å². The Morgan fingerprint density at radius 2 is 2.03 bits per heavy atom. The molecule has 11 heteroatoms. The van der Waals surface area contributed by atoms with Crippen LogP contribution < -0.4 is 14.8 Å². The Bertz CT molecular complexity index is 1210. The first kappa shape index (κ1) is 27.7. The fourth-order valence-electron chi connectivity index (χ4n) is 5.17. The number of rotatable bonds is 6. The average Bonchev–Trinajstić information content (AvgIpc) is 3.56. The summed E-state index contributed by atoms with van der Waals surface area (Å²) in [6, 6.07) is 4.46. The van der Waals surface area contributed by atoms with Crippen LogP contribution in [-0.2, 0) is 10.3 Å². The summed E-state index contributed by atoms with van der Waals surface area (Å²) in [5.74, 6) is 0.662. The first-order valence-electron chi connectivity index (χ1n) is 13.3. The predicted molar refractivity (Wildman–Crippen MR) is 150 cm³/mol. The van der Waals surface area contributed by atoms with Gasteiger partial charge in [-0.2, -0.15) is 9.97 Å². The molecular formula is C27H37BrClN5O4. The molecule has 1 aromatic heterocycles. The fraction of sp³-hybridized carbons (Fsp3) is 0.667. The van der Waals surface area contributed by atoms with Gasteiger partial charge in [-0.1, -0.05) is 11.6 Å². The maximum Gasteiger partial charge on any atom is 0.412 e. The number of halogens is 2. The molecule has 1 amide bonds. The summed E-state index contributed by atoms with van der Waals surface area (Å²) < 4.78 is 19.2. The highest BCUT2D eigenvalue weighted by Gasteiger charge is 2.48. The number of carbonyl (C=O) groups excluding carboxylic acids is 1. The van der Waals surface area contributed by atoms with Crippen LogP contribution in [0.1, 0.15) is 59.1 Å². The molecule has 2 aliphatic heterocycles. The zero-order valence-electron chi connectivity index (χ0n) is 22.7. The molecule has 0 radical (unpaired) electrons. The van der Waals surface area contributed by atoms with Crippen molar-refractivity contribution in [3.8, 4) is 11.8 Å². The number of nitrogens with zero attached hydrogens (tertiary/aromatic N) is 4. The van der Waals surface area contributed by atoms with Crippen LogP contribution >= 0.6 is 27.5 Å². The predicted octanol–water partition coefficient (Wildman–Crippen LogP) is 5.03. The van der Waals surface area contributed by atoms with E-state index in [0.29, 0.717) is 42.7 Å². The maximum absolute atomic E-state index is 13.5.